The first-order chi connectivity index (χ1) is 19.6. The van der Waals surface area contributed by atoms with Gasteiger partial charge in [0, 0.05) is 18.3 Å². The molecule has 1 atom stereocenters. The molecule has 0 saturated carbocycles. The highest BCUT2D eigenvalue weighted by Gasteiger charge is 2.25. The van der Waals surface area contributed by atoms with Crippen LogP contribution in [0.5, 0.6) is 0 Å². The number of nitrogens with zero attached hydrogens (tertiary/aromatic N) is 1. The molecule has 0 bridgehead atoms. The maximum atomic E-state index is 13.0. The summed E-state index contributed by atoms with van der Waals surface area (Å²) in [7, 11) is -4.06. The van der Waals surface area contributed by atoms with E-state index in [0.717, 1.165) is 0 Å². The van der Waals surface area contributed by atoms with Gasteiger partial charge in [0.25, 0.3) is 5.91 Å². The lowest BCUT2D eigenvalue weighted by atomic mass is 10.1. The molecule has 0 fully saturated rings. The van der Waals surface area contributed by atoms with Gasteiger partial charge in [-0.25, -0.2) is 23.0 Å². The normalized spacial score (nSPS) is 11.8. The molecular weight excluding hydrogens is 591 g/mol. The van der Waals surface area contributed by atoms with Crippen LogP contribution in [0, 0.1) is 0 Å². The topological polar surface area (TPSA) is 155 Å². The van der Waals surface area contributed by atoms with Gasteiger partial charge in [-0.1, -0.05) is 59.6 Å². The van der Waals surface area contributed by atoms with E-state index in [0.29, 0.717) is 11.3 Å². The number of halogens is 2. The van der Waals surface area contributed by atoms with Crippen molar-refractivity contribution in [2.75, 3.05) is 10.6 Å². The lowest BCUT2D eigenvalue weighted by Crippen LogP contribution is -2.44. The van der Waals surface area contributed by atoms with Gasteiger partial charge in [0.15, 0.2) is 5.03 Å². The van der Waals surface area contributed by atoms with E-state index in [1.807, 2.05) is 0 Å². The zero-order chi connectivity index (χ0) is 29.6. The van der Waals surface area contributed by atoms with E-state index in [2.05, 4.69) is 20.9 Å². The van der Waals surface area contributed by atoms with Crippen molar-refractivity contribution in [3.8, 4) is 0 Å². The molecule has 1 unspecified atom stereocenters. The first-order valence-corrected chi connectivity index (χ1v) is 14.2. The number of nitrogens with one attached hydrogen (secondary N) is 3. The number of carbonyl (C=O) groups excluding carboxylic acids is 2. The number of carbonyl (C=O) groups is 3. The number of urea groups is 1. The van der Waals surface area contributed by atoms with Crippen LogP contribution in [0.4, 0.5) is 16.2 Å². The number of amides is 3. The summed E-state index contributed by atoms with van der Waals surface area (Å²) in [6, 6.07) is 19.1. The van der Waals surface area contributed by atoms with Gasteiger partial charge in [0.05, 0.1) is 26.2 Å². The van der Waals surface area contributed by atoms with E-state index >= 15 is 0 Å². The number of anilines is 2. The van der Waals surface area contributed by atoms with E-state index in [-0.39, 0.29) is 37.6 Å². The van der Waals surface area contributed by atoms with Crippen molar-refractivity contribution in [2.24, 2.45) is 0 Å². The second-order valence-electron chi connectivity index (χ2n) is 8.61. The summed E-state index contributed by atoms with van der Waals surface area (Å²) in [4.78, 5) is 41.1. The number of sulfone groups is 1. The highest BCUT2D eigenvalue weighted by molar-refractivity contribution is 7.91. The van der Waals surface area contributed by atoms with Gasteiger partial charge in [-0.05, 0) is 54.1 Å². The van der Waals surface area contributed by atoms with Crippen LogP contribution in [-0.2, 0) is 21.1 Å². The Morgan fingerprint density at radius 3 is 2.12 bits per heavy atom. The molecule has 0 aliphatic heterocycles. The van der Waals surface area contributed by atoms with E-state index < -0.39 is 33.8 Å². The van der Waals surface area contributed by atoms with Gasteiger partial charge in [0.1, 0.15) is 6.04 Å². The number of carboxylic acids is 1. The molecule has 4 N–H and O–H groups in total. The fraction of sp³-hybridized carbons (Fsp3) is 0.0714. The Hall–Kier alpha value is -4.45. The molecule has 41 heavy (non-hydrogen) atoms. The number of rotatable bonds is 9. The van der Waals surface area contributed by atoms with Crippen LogP contribution >= 0.6 is 23.2 Å². The van der Waals surface area contributed by atoms with Crippen molar-refractivity contribution in [3.63, 3.8) is 0 Å². The van der Waals surface area contributed by atoms with Crippen LogP contribution < -0.4 is 16.0 Å². The van der Waals surface area contributed by atoms with Gasteiger partial charge >= 0.3 is 12.0 Å². The average Bonchev–Trinajstić information content (AvgIpc) is 2.94. The summed E-state index contributed by atoms with van der Waals surface area (Å²) in [5.41, 5.74) is 0.961. The SMILES string of the molecule is O=C(Nc1cccnc1S(=O)(=O)c1ccccc1)NC(Cc1ccc(NC(=O)c2c(Cl)cccc2Cl)cc1)C(=O)O. The van der Waals surface area contributed by atoms with Crippen LogP contribution in [0.15, 0.2) is 101 Å². The van der Waals surface area contributed by atoms with Crippen LogP contribution in [-0.4, -0.2) is 42.5 Å². The predicted molar refractivity (Wildman–Crippen MR) is 154 cm³/mol. The molecule has 4 rings (SSSR count). The molecule has 0 aliphatic rings. The van der Waals surface area contributed by atoms with Crippen molar-refractivity contribution in [3.05, 3.63) is 112 Å². The van der Waals surface area contributed by atoms with Crippen LogP contribution in [0.3, 0.4) is 0 Å². The molecular formula is C28H22Cl2N4O6S. The smallest absolute Gasteiger partial charge is 0.326 e. The lowest BCUT2D eigenvalue weighted by molar-refractivity contribution is -0.139. The Morgan fingerprint density at radius 1 is 0.829 bits per heavy atom. The Morgan fingerprint density at radius 2 is 1.49 bits per heavy atom. The maximum Gasteiger partial charge on any atom is 0.326 e. The number of pyridine rings is 1. The minimum atomic E-state index is -4.06. The fourth-order valence-corrected chi connectivity index (χ4v) is 5.71. The predicted octanol–water partition coefficient (Wildman–Crippen LogP) is 5.29. The first-order valence-electron chi connectivity index (χ1n) is 12.0. The third-order valence-corrected chi connectivity index (χ3v) is 8.13. The van der Waals surface area contributed by atoms with Crippen molar-refractivity contribution >= 4 is 62.3 Å². The number of carboxylic acid groups (broad SMARTS) is 1. The minimum Gasteiger partial charge on any atom is -0.480 e. The van der Waals surface area contributed by atoms with Crippen LogP contribution in [0.2, 0.25) is 10.0 Å². The number of aliphatic carboxylic acids is 1. The summed E-state index contributed by atoms with van der Waals surface area (Å²) in [5.74, 6) is -1.83. The quantitative estimate of drug-likeness (QED) is 0.200. The largest absolute Gasteiger partial charge is 0.480 e. The number of hydrogen-bond acceptors (Lipinski definition) is 6. The Labute approximate surface area is 245 Å². The second kappa shape index (κ2) is 12.8. The zero-order valence-corrected chi connectivity index (χ0v) is 23.4. The van der Waals surface area contributed by atoms with Crippen LogP contribution in [0.1, 0.15) is 15.9 Å². The molecule has 0 saturated heterocycles. The Balaban J connectivity index is 1.43. The van der Waals surface area contributed by atoms with Crippen molar-refractivity contribution < 1.29 is 27.9 Å². The van der Waals surface area contributed by atoms with E-state index in [9.17, 15) is 27.9 Å². The second-order valence-corrected chi connectivity index (χ2v) is 11.3. The molecule has 3 aromatic carbocycles. The van der Waals surface area contributed by atoms with Gasteiger partial charge in [-0.3, -0.25) is 4.79 Å². The zero-order valence-electron chi connectivity index (χ0n) is 21.0. The van der Waals surface area contributed by atoms with Crippen molar-refractivity contribution in [1.82, 2.24) is 10.3 Å². The highest BCUT2D eigenvalue weighted by atomic mass is 35.5. The molecule has 10 nitrogen and oxygen atoms in total. The Bertz CT molecular complexity index is 1680. The monoisotopic (exact) mass is 612 g/mol. The summed E-state index contributed by atoms with van der Waals surface area (Å²) >= 11 is 12.2. The third kappa shape index (κ3) is 7.20. The molecule has 1 heterocycles. The van der Waals surface area contributed by atoms with Crippen molar-refractivity contribution in [1.29, 1.82) is 0 Å². The van der Waals surface area contributed by atoms with Crippen LogP contribution in [0.25, 0.3) is 0 Å². The highest BCUT2D eigenvalue weighted by Crippen LogP contribution is 2.26. The average molecular weight is 613 g/mol. The standard InChI is InChI=1S/C28H22Cl2N4O6S/c29-20-8-4-9-21(30)24(20)25(35)32-18-13-11-17(12-14-18)16-23(27(36)37)34-28(38)33-22-10-5-15-31-26(22)41(39,40)19-6-2-1-3-7-19/h1-15,23H,16H2,(H,32,35)(H,36,37)(H2,33,34,38). The van der Waals surface area contributed by atoms with Crippen molar-refractivity contribution in [2.45, 2.75) is 22.4 Å². The van der Waals surface area contributed by atoms with Gasteiger partial charge < -0.3 is 21.1 Å². The molecule has 0 aliphatic carbocycles. The summed E-state index contributed by atoms with van der Waals surface area (Å²) < 4.78 is 26.1. The lowest BCUT2D eigenvalue weighted by Gasteiger charge is -2.17. The molecule has 3 amide bonds. The molecule has 1 aromatic heterocycles. The minimum absolute atomic E-state index is 0.0137. The molecule has 4 aromatic rings. The number of aromatic nitrogens is 1. The first kappa shape index (κ1) is 29.5. The molecule has 210 valence electrons. The Kier molecular flexibility index (Phi) is 9.23. The van der Waals surface area contributed by atoms with Gasteiger partial charge in [-0.15, -0.1) is 0 Å². The number of benzene rings is 3. The molecule has 0 radical (unpaired) electrons. The van der Waals surface area contributed by atoms with E-state index in [1.165, 1.54) is 42.6 Å². The van der Waals surface area contributed by atoms with E-state index in [4.69, 9.17) is 23.2 Å². The summed E-state index contributed by atoms with van der Waals surface area (Å²) in [6.45, 7) is 0. The maximum absolute atomic E-state index is 13.0. The van der Waals surface area contributed by atoms with E-state index in [1.54, 1.807) is 48.5 Å². The third-order valence-electron chi connectivity index (χ3n) is 5.77. The fourth-order valence-electron chi connectivity index (χ4n) is 3.80. The van der Waals surface area contributed by atoms with Gasteiger partial charge in [0.2, 0.25) is 9.84 Å². The number of hydrogen-bond donors (Lipinski definition) is 4. The summed E-state index contributed by atoms with van der Waals surface area (Å²) in [5, 5.41) is 17.1. The molecule has 0 spiro atoms. The summed E-state index contributed by atoms with van der Waals surface area (Å²) in [6.07, 6.45) is 1.17. The van der Waals surface area contributed by atoms with Gasteiger partial charge in [-0.2, -0.15) is 0 Å². The molecule has 13 heteroatoms.